The molecule has 78 valence electrons. The summed E-state index contributed by atoms with van der Waals surface area (Å²) in [4.78, 5) is 14.2. The monoisotopic (exact) mass is 238 g/mol. The van der Waals surface area contributed by atoms with Crippen molar-refractivity contribution in [1.82, 2.24) is 9.55 Å². The zero-order valence-electron chi connectivity index (χ0n) is 8.19. The zero-order chi connectivity index (χ0) is 10.8. The van der Waals surface area contributed by atoms with Gasteiger partial charge in [0.05, 0.1) is 5.69 Å². The molecule has 0 saturated carbocycles. The van der Waals surface area contributed by atoms with Crippen LogP contribution >= 0.6 is 23.6 Å². The third-order valence-electron chi connectivity index (χ3n) is 2.17. The van der Waals surface area contributed by atoms with Crippen molar-refractivity contribution in [1.29, 1.82) is 0 Å². The molecule has 5 heteroatoms. The summed E-state index contributed by atoms with van der Waals surface area (Å²) in [5.74, 6) is 0. The van der Waals surface area contributed by atoms with E-state index in [-0.39, 0.29) is 5.69 Å². The summed E-state index contributed by atoms with van der Waals surface area (Å²) in [6.45, 7) is 2.57. The van der Waals surface area contributed by atoms with E-state index in [0.717, 1.165) is 11.3 Å². The molecule has 2 heterocycles. The lowest BCUT2D eigenvalue weighted by Gasteiger charge is -2.08. The summed E-state index contributed by atoms with van der Waals surface area (Å²) >= 11 is 6.61. The molecule has 0 atom stereocenters. The molecule has 0 aliphatic heterocycles. The van der Waals surface area contributed by atoms with Gasteiger partial charge in [-0.1, -0.05) is 12.2 Å². The van der Waals surface area contributed by atoms with Gasteiger partial charge in [0.25, 0.3) is 0 Å². The lowest BCUT2D eigenvalue weighted by Crippen LogP contribution is -2.23. The molecule has 1 N–H and O–H groups in total. The highest BCUT2D eigenvalue weighted by Crippen LogP contribution is 2.20. The average Bonchev–Trinajstić information content (AvgIpc) is 2.69. The van der Waals surface area contributed by atoms with Crippen LogP contribution in [0.4, 0.5) is 0 Å². The smallest absolute Gasteiger partial charge is 0.298 e. The largest absolute Gasteiger partial charge is 0.326 e. The van der Waals surface area contributed by atoms with Gasteiger partial charge in [0, 0.05) is 17.5 Å². The number of nitrogens with zero attached hydrogens (tertiary/aromatic N) is 1. The third kappa shape index (κ3) is 1.93. The number of H-pyrrole nitrogens is 1. The number of aromatic nitrogens is 2. The number of hydrogen-bond acceptors (Lipinski definition) is 3. The van der Waals surface area contributed by atoms with Crippen LogP contribution in [0.2, 0.25) is 0 Å². The van der Waals surface area contributed by atoms with Gasteiger partial charge in [0.2, 0.25) is 0 Å². The van der Waals surface area contributed by atoms with Crippen LogP contribution in [0.3, 0.4) is 0 Å². The Bertz CT molecular complexity index is 566. The molecule has 15 heavy (non-hydrogen) atoms. The van der Waals surface area contributed by atoms with Crippen molar-refractivity contribution < 1.29 is 0 Å². The van der Waals surface area contributed by atoms with Crippen LogP contribution < -0.4 is 5.69 Å². The Balaban J connectivity index is 2.75. The van der Waals surface area contributed by atoms with Crippen LogP contribution in [0.15, 0.2) is 27.7 Å². The van der Waals surface area contributed by atoms with Crippen molar-refractivity contribution in [2.45, 2.75) is 13.5 Å². The third-order valence-corrected chi connectivity index (χ3v) is 3.07. The summed E-state index contributed by atoms with van der Waals surface area (Å²) in [5.41, 5.74) is 1.78. The summed E-state index contributed by atoms with van der Waals surface area (Å²) in [5, 5.41) is 4.00. The molecule has 0 aromatic carbocycles. The van der Waals surface area contributed by atoms with Crippen molar-refractivity contribution in [2.24, 2.45) is 0 Å². The predicted octanol–water partition coefficient (Wildman–Crippen LogP) is 2.65. The van der Waals surface area contributed by atoms with Gasteiger partial charge in [0.1, 0.15) is 4.64 Å². The molecule has 0 saturated heterocycles. The standard InChI is InChI=1S/C10H10N2OS2/c1-2-12-8(7-3-4-15-6-7)5-9(14)11-10(12)13/h3-6H,2H2,1H3,(H,11,13,14). The molecule has 0 aliphatic carbocycles. The second-order valence-electron chi connectivity index (χ2n) is 3.08. The Morgan fingerprint density at radius 3 is 3.00 bits per heavy atom. The molecular formula is C10H10N2OS2. The molecule has 2 aromatic rings. The lowest BCUT2D eigenvalue weighted by atomic mass is 10.2. The second-order valence-corrected chi connectivity index (χ2v) is 4.30. The predicted molar refractivity (Wildman–Crippen MR) is 64.9 cm³/mol. The Kier molecular flexibility index (Phi) is 2.83. The minimum atomic E-state index is -0.147. The molecular weight excluding hydrogens is 228 g/mol. The first-order valence-corrected chi connectivity index (χ1v) is 5.94. The number of rotatable bonds is 2. The van der Waals surface area contributed by atoms with Crippen molar-refractivity contribution in [3.63, 3.8) is 0 Å². The fraction of sp³-hybridized carbons (Fsp3) is 0.200. The van der Waals surface area contributed by atoms with E-state index in [9.17, 15) is 4.79 Å². The molecule has 0 amide bonds. The summed E-state index contributed by atoms with van der Waals surface area (Å²) < 4.78 is 2.16. The highest BCUT2D eigenvalue weighted by atomic mass is 32.1. The van der Waals surface area contributed by atoms with E-state index in [4.69, 9.17) is 12.2 Å². The van der Waals surface area contributed by atoms with E-state index >= 15 is 0 Å². The molecule has 3 nitrogen and oxygen atoms in total. The van der Waals surface area contributed by atoms with Gasteiger partial charge in [0.15, 0.2) is 0 Å². The molecule has 0 spiro atoms. The minimum Gasteiger partial charge on any atom is -0.298 e. The zero-order valence-corrected chi connectivity index (χ0v) is 9.82. The van der Waals surface area contributed by atoms with E-state index in [1.165, 1.54) is 0 Å². The van der Waals surface area contributed by atoms with Gasteiger partial charge in [-0.25, -0.2) is 4.79 Å². The molecule has 2 rings (SSSR count). The van der Waals surface area contributed by atoms with Gasteiger partial charge in [-0.15, -0.1) is 0 Å². The second kappa shape index (κ2) is 4.12. The van der Waals surface area contributed by atoms with E-state index in [0.29, 0.717) is 11.2 Å². The summed E-state index contributed by atoms with van der Waals surface area (Å²) in [7, 11) is 0. The van der Waals surface area contributed by atoms with E-state index < -0.39 is 0 Å². The fourth-order valence-corrected chi connectivity index (χ4v) is 2.33. The first-order chi connectivity index (χ1) is 7.22. The number of aromatic amines is 1. The Hall–Kier alpha value is -1.20. The van der Waals surface area contributed by atoms with Crippen molar-refractivity contribution in [3.8, 4) is 11.3 Å². The van der Waals surface area contributed by atoms with Gasteiger partial charge >= 0.3 is 5.69 Å². The van der Waals surface area contributed by atoms with Crippen molar-refractivity contribution in [3.05, 3.63) is 38.0 Å². The van der Waals surface area contributed by atoms with Gasteiger partial charge in [-0.05, 0) is 24.4 Å². The Morgan fingerprint density at radius 2 is 2.40 bits per heavy atom. The lowest BCUT2D eigenvalue weighted by molar-refractivity contribution is 0.705. The van der Waals surface area contributed by atoms with Crippen molar-refractivity contribution >= 4 is 23.6 Å². The van der Waals surface area contributed by atoms with Gasteiger partial charge in [-0.3, -0.25) is 9.55 Å². The normalized spacial score (nSPS) is 10.5. The number of thiophene rings is 1. The van der Waals surface area contributed by atoms with E-state index in [1.54, 1.807) is 15.9 Å². The van der Waals surface area contributed by atoms with Crippen LogP contribution in [0.5, 0.6) is 0 Å². The Morgan fingerprint density at radius 1 is 1.60 bits per heavy atom. The maximum Gasteiger partial charge on any atom is 0.326 e. The highest BCUT2D eigenvalue weighted by Gasteiger charge is 2.05. The molecule has 0 radical (unpaired) electrons. The van der Waals surface area contributed by atoms with Crippen LogP contribution in [-0.2, 0) is 6.54 Å². The number of hydrogen-bond donors (Lipinski definition) is 1. The van der Waals surface area contributed by atoms with E-state index in [2.05, 4.69) is 4.98 Å². The maximum atomic E-state index is 11.6. The molecule has 0 bridgehead atoms. The molecule has 0 aliphatic rings. The maximum absolute atomic E-state index is 11.6. The van der Waals surface area contributed by atoms with Gasteiger partial charge in [-0.2, -0.15) is 11.3 Å². The first kappa shape index (κ1) is 10.3. The molecule has 0 fully saturated rings. The van der Waals surface area contributed by atoms with Gasteiger partial charge < -0.3 is 0 Å². The van der Waals surface area contributed by atoms with Crippen molar-refractivity contribution in [2.75, 3.05) is 0 Å². The first-order valence-electron chi connectivity index (χ1n) is 4.59. The summed E-state index contributed by atoms with van der Waals surface area (Å²) in [6, 6.07) is 3.81. The molecule has 0 unspecified atom stereocenters. The average molecular weight is 238 g/mol. The van der Waals surface area contributed by atoms with E-state index in [1.807, 2.05) is 29.8 Å². The van der Waals surface area contributed by atoms with Crippen LogP contribution in [0.25, 0.3) is 11.3 Å². The SMILES string of the molecule is CCn1c(-c2ccsc2)cc(=S)[nH]c1=O. The fourth-order valence-electron chi connectivity index (χ4n) is 1.48. The molecule has 2 aromatic heterocycles. The highest BCUT2D eigenvalue weighted by molar-refractivity contribution is 7.71. The Labute approximate surface area is 96.0 Å². The number of nitrogens with one attached hydrogen (secondary N) is 1. The van der Waals surface area contributed by atoms with Crippen LogP contribution in [-0.4, -0.2) is 9.55 Å². The minimum absolute atomic E-state index is 0.147. The van der Waals surface area contributed by atoms with Crippen LogP contribution in [0, 0.1) is 4.64 Å². The summed E-state index contributed by atoms with van der Waals surface area (Å²) in [6.07, 6.45) is 0. The topological polar surface area (TPSA) is 37.8 Å². The quantitative estimate of drug-likeness (QED) is 0.817. The van der Waals surface area contributed by atoms with Crippen LogP contribution in [0.1, 0.15) is 6.92 Å².